The zero-order valence-electron chi connectivity index (χ0n) is 10.8. The van der Waals surface area contributed by atoms with Crippen LogP contribution >= 0.6 is 0 Å². The van der Waals surface area contributed by atoms with Crippen LogP contribution in [0.5, 0.6) is 0 Å². The number of nitro benzene ring substituents is 1. The Labute approximate surface area is 111 Å². The Bertz CT molecular complexity index is 648. The van der Waals surface area contributed by atoms with Gasteiger partial charge >= 0.3 is 0 Å². The van der Waals surface area contributed by atoms with Crippen molar-refractivity contribution in [3.8, 4) is 0 Å². The smallest absolute Gasteiger partial charge is 0.258 e. The van der Waals surface area contributed by atoms with E-state index in [2.05, 4.69) is 4.99 Å². The predicted octanol–water partition coefficient (Wildman–Crippen LogP) is 3.96. The summed E-state index contributed by atoms with van der Waals surface area (Å²) in [5.74, 6) is 0. The standard InChI is InChI=1S/C15H14N2O2/c1-11-7-8-12(2)14(9-11)16-10-13-5-3-4-6-15(13)17(18)19/h3-10H,1-2H3. The Morgan fingerprint density at radius 2 is 1.89 bits per heavy atom. The van der Waals surface area contributed by atoms with Gasteiger partial charge in [-0.1, -0.05) is 24.3 Å². The molecule has 0 bridgehead atoms. The van der Waals surface area contributed by atoms with Gasteiger partial charge in [-0.15, -0.1) is 0 Å². The first-order valence-electron chi connectivity index (χ1n) is 5.92. The molecule has 4 nitrogen and oxygen atoms in total. The number of aryl methyl sites for hydroxylation is 2. The van der Waals surface area contributed by atoms with Crippen LogP contribution in [0.15, 0.2) is 47.5 Å². The van der Waals surface area contributed by atoms with E-state index in [0.29, 0.717) is 5.56 Å². The number of rotatable bonds is 3. The lowest BCUT2D eigenvalue weighted by Crippen LogP contribution is -1.93. The van der Waals surface area contributed by atoms with E-state index in [0.717, 1.165) is 16.8 Å². The van der Waals surface area contributed by atoms with Gasteiger partial charge in [0.1, 0.15) is 0 Å². The van der Waals surface area contributed by atoms with Crippen molar-refractivity contribution in [1.29, 1.82) is 0 Å². The molecule has 0 radical (unpaired) electrons. The Morgan fingerprint density at radius 1 is 1.16 bits per heavy atom. The molecule has 0 atom stereocenters. The van der Waals surface area contributed by atoms with Crippen molar-refractivity contribution >= 4 is 17.6 Å². The number of para-hydroxylation sites is 1. The van der Waals surface area contributed by atoms with Crippen molar-refractivity contribution in [3.63, 3.8) is 0 Å². The normalized spacial score (nSPS) is 10.8. The average molecular weight is 254 g/mol. The van der Waals surface area contributed by atoms with Crippen LogP contribution in [0.4, 0.5) is 11.4 Å². The molecule has 96 valence electrons. The van der Waals surface area contributed by atoms with Gasteiger partial charge in [0.05, 0.1) is 16.2 Å². The van der Waals surface area contributed by atoms with E-state index in [1.807, 2.05) is 32.0 Å². The molecule has 0 amide bonds. The Hall–Kier alpha value is -2.49. The van der Waals surface area contributed by atoms with Gasteiger partial charge in [-0.3, -0.25) is 15.1 Å². The minimum absolute atomic E-state index is 0.0663. The summed E-state index contributed by atoms with van der Waals surface area (Å²) in [4.78, 5) is 14.9. The third-order valence-electron chi connectivity index (χ3n) is 2.84. The van der Waals surface area contributed by atoms with Crippen molar-refractivity contribution in [2.75, 3.05) is 0 Å². The highest BCUT2D eigenvalue weighted by molar-refractivity contribution is 5.87. The van der Waals surface area contributed by atoms with Crippen LogP contribution in [0.25, 0.3) is 0 Å². The van der Waals surface area contributed by atoms with E-state index in [1.54, 1.807) is 24.4 Å². The second-order valence-corrected chi connectivity index (χ2v) is 4.36. The van der Waals surface area contributed by atoms with Gasteiger partial charge in [-0.05, 0) is 37.1 Å². The maximum Gasteiger partial charge on any atom is 0.278 e. The van der Waals surface area contributed by atoms with Crippen molar-refractivity contribution in [3.05, 3.63) is 69.3 Å². The van der Waals surface area contributed by atoms with Crippen molar-refractivity contribution in [2.45, 2.75) is 13.8 Å². The molecule has 0 unspecified atom stereocenters. The van der Waals surface area contributed by atoms with E-state index >= 15 is 0 Å². The molecule has 4 heteroatoms. The van der Waals surface area contributed by atoms with Crippen molar-refractivity contribution in [1.82, 2.24) is 0 Å². The lowest BCUT2D eigenvalue weighted by Gasteiger charge is -2.01. The number of hydrogen-bond acceptors (Lipinski definition) is 3. The Morgan fingerprint density at radius 3 is 2.63 bits per heavy atom. The second kappa shape index (κ2) is 5.44. The van der Waals surface area contributed by atoms with E-state index in [4.69, 9.17) is 0 Å². The molecule has 0 aliphatic rings. The van der Waals surface area contributed by atoms with Crippen LogP contribution in [0.2, 0.25) is 0 Å². The molecular formula is C15H14N2O2. The molecule has 0 fully saturated rings. The SMILES string of the molecule is Cc1ccc(C)c(N=Cc2ccccc2[N+](=O)[O-])c1. The largest absolute Gasteiger partial charge is 0.278 e. The zero-order valence-corrected chi connectivity index (χ0v) is 10.8. The summed E-state index contributed by atoms with van der Waals surface area (Å²) in [6.07, 6.45) is 1.54. The Kier molecular flexibility index (Phi) is 3.71. The molecule has 0 saturated heterocycles. The lowest BCUT2D eigenvalue weighted by atomic mass is 10.1. The second-order valence-electron chi connectivity index (χ2n) is 4.36. The first-order chi connectivity index (χ1) is 9.08. The van der Waals surface area contributed by atoms with Gasteiger partial charge in [-0.25, -0.2) is 0 Å². The first kappa shape index (κ1) is 13.0. The fourth-order valence-electron chi connectivity index (χ4n) is 1.76. The van der Waals surface area contributed by atoms with Gasteiger partial charge in [-0.2, -0.15) is 0 Å². The van der Waals surface area contributed by atoms with Crippen LogP contribution in [-0.4, -0.2) is 11.1 Å². The maximum absolute atomic E-state index is 10.9. The van der Waals surface area contributed by atoms with Crippen molar-refractivity contribution < 1.29 is 4.92 Å². The van der Waals surface area contributed by atoms with Gasteiger partial charge in [0.15, 0.2) is 0 Å². The van der Waals surface area contributed by atoms with Crippen LogP contribution in [0.1, 0.15) is 16.7 Å². The Balaban J connectivity index is 2.38. The summed E-state index contributed by atoms with van der Waals surface area (Å²) in [6.45, 7) is 3.95. The van der Waals surface area contributed by atoms with E-state index in [-0.39, 0.29) is 5.69 Å². The highest BCUT2D eigenvalue weighted by Crippen LogP contribution is 2.21. The molecule has 0 aliphatic heterocycles. The van der Waals surface area contributed by atoms with E-state index in [1.165, 1.54) is 6.07 Å². The molecule has 0 N–H and O–H groups in total. The van der Waals surface area contributed by atoms with Gasteiger partial charge in [0.2, 0.25) is 0 Å². The molecular weight excluding hydrogens is 240 g/mol. The van der Waals surface area contributed by atoms with Gasteiger partial charge in [0, 0.05) is 12.3 Å². The highest BCUT2D eigenvalue weighted by atomic mass is 16.6. The predicted molar refractivity (Wildman–Crippen MR) is 76.3 cm³/mol. The molecule has 2 rings (SSSR count). The molecule has 19 heavy (non-hydrogen) atoms. The summed E-state index contributed by atoms with van der Waals surface area (Å²) in [6, 6.07) is 12.5. The molecule has 0 spiro atoms. The minimum atomic E-state index is -0.398. The lowest BCUT2D eigenvalue weighted by molar-refractivity contribution is -0.385. The summed E-state index contributed by atoms with van der Waals surface area (Å²) in [5.41, 5.74) is 3.56. The van der Waals surface area contributed by atoms with E-state index in [9.17, 15) is 10.1 Å². The zero-order chi connectivity index (χ0) is 13.8. The molecule has 0 heterocycles. The average Bonchev–Trinajstić information content (AvgIpc) is 2.40. The summed E-state index contributed by atoms with van der Waals surface area (Å²) in [5, 5.41) is 10.9. The van der Waals surface area contributed by atoms with E-state index < -0.39 is 4.92 Å². The fraction of sp³-hybridized carbons (Fsp3) is 0.133. The molecule has 2 aromatic rings. The summed E-state index contributed by atoms with van der Waals surface area (Å²) < 4.78 is 0. The quantitative estimate of drug-likeness (QED) is 0.473. The van der Waals surface area contributed by atoms with Crippen molar-refractivity contribution in [2.24, 2.45) is 4.99 Å². The monoisotopic (exact) mass is 254 g/mol. The third-order valence-corrected chi connectivity index (χ3v) is 2.84. The summed E-state index contributed by atoms with van der Waals surface area (Å²) in [7, 11) is 0. The third kappa shape index (κ3) is 3.04. The topological polar surface area (TPSA) is 55.5 Å². The molecule has 0 aromatic heterocycles. The molecule has 0 aliphatic carbocycles. The first-order valence-corrected chi connectivity index (χ1v) is 5.92. The minimum Gasteiger partial charge on any atom is -0.258 e. The van der Waals surface area contributed by atoms with Crippen LogP contribution in [-0.2, 0) is 0 Å². The number of nitrogens with zero attached hydrogens (tertiary/aromatic N) is 2. The van der Waals surface area contributed by atoms with Crippen LogP contribution in [0, 0.1) is 24.0 Å². The number of hydrogen-bond donors (Lipinski definition) is 0. The summed E-state index contributed by atoms with van der Waals surface area (Å²) >= 11 is 0. The number of nitro groups is 1. The van der Waals surface area contributed by atoms with Crippen LogP contribution in [0.3, 0.4) is 0 Å². The maximum atomic E-state index is 10.9. The van der Waals surface area contributed by atoms with Gasteiger partial charge < -0.3 is 0 Å². The molecule has 0 saturated carbocycles. The highest BCUT2D eigenvalue weighted by Gasteiger charge is 2.09. The fourth-order valence-corrected chi connectivity index (χ4v) is 1.76. The number of benzene rings is 2. The molecule has 2 aromatic carbocycles. The number of aliphatic imine (C=N–C) groups is 1. The van der Waals surface area contributed by atoms with Crippen LogP contribution < -0.4 is 0 Å². The van der Waals surface area contributed by atoms with Gasteiger partial charge in [0.25, 0.3) is 5.69 Å².